The second-order valence-electron chi connectivity index (χ2n) is 4.54. The van der Waals surface area contributed by atoms with Crippen LogP contribution >= 0.6 is 11.6 Å². The molecule has 1 nitrogen and oxygen atoms in total. The van der Waals surface area contributed by atoms with Gasteiger partial charge in [-0.25, -0.2) is 17.6 Å². The maximum atomic E-state index is 13.8. The number of hydrogen-bond acceptors (Lipinski definition) is 1. The molecule has 2 aromatic rings. The number of halogens is 5. The van der Waals surface area contributed by atoms with Gasteiger partial charge in [-0.05, 0) is 43.3 Å². The van der Waals surface area contributed by atoms with Crippen molar-refractivity contribution in [1.82, 2.24) is 5.32 Å². The molecule has 0 aliphatic carbocycles. The molecule has 0 saturated heterocycles. The van der Waals surface area contributed by atoms with Crippen molar-refractivity contribution in [2.24, 2.45) is 0 Å². The van der Waals surface area contributed by atoms with E-state index in [4.69, 9.17) is 11.6 Å². The van der Waals surface area contributed by atoms with Crippen LogP contribution in [-0.2, 0) is 6.42 Å². The lowest BCUT2D eigenvalue weighted by Crippen LogP contribution is -2.20. The van der Waals surface area contributed by atoms with Crippen LogP contribution in [0.25, 0.3) is 0 Å². The van der Waals surface area contributed by atoms with Gasteiger partial charge in [0, 0.05) is 16.6 Å². The van der Waals surface area contributed by atoms with Crippen molar-refractivity contribution in [3.8, 4) is 0 Å². The normalized spacial score (nSPS) is 12.5. The summed E-state index contributed by atoms with van der Waals surface area (Å²) in [6, 6.07) is 5.40. The predicted molar refractivity (Wildman–Crippen MR) is 73.2 cm³/mol. The molecule has 0 spiro atoms. The van der Waals surface area contributed by atoms with Crippen LogP contribution in [0, 0.1) is 23.3 Å². The molecule has 1 atom stereocenters. The summed E-state index contributed by atoms with van der Waals surface area (Å²) < 4.78 is 53.3. The van der Waals surface area contributed by atoms with Gasteiger partial charge in [-0.2, -0.15) is 0 Å². The van der Waals surface area contributed by atoms with Gasteiger partial charge in [0.25, 0.3) is 0 Å². The van der Waals surface area contributed by atoms with E-state index in [-0.39, 0.29) is 22.6 Å². The summed E-state index contributed by atoms with van der Waals surface area (Å²) in [5.74, 6) is -4.61. The molecule has 0 aliphatic heterocycles. The van der Waals surface area contributed by atoms with Crippen LogP contribution in [0.15, 0.2) is 30.3 Å². The van der Waals surface area contributed by atoms with Gasteiger partial charge in [-0.15, -0.1) is 0 Å². The van der Waals surface area contributed by atoms with Gasteiger partial charge < -0.3 is 5.32 Å². The first-order chi connectivity index (χ1) is 9.93. The zero-order valence-electron chi connectivity index (χ0n) is 11.1. The van der Waals surface area contributed by atoms with E-state index in [2.05, 4.69) is 5.32 Å². The fourth-order valence-electron chi connectivity index (χ4n) is 2.09. The largest absolute Gasteiger partial charge is 0.313 e. The lowest BCUT2D eigenvalue weighted by molar-refractivity contribution is 0.440. The lowest BCUT2D eigenvalue weighted by atomic mass is 9.98. The summed E-state index contributed by atoms with van der Waals surface area (Å²) in [7, 11) is 1.55. The number of likely N-dealkylation sites (N-methyl/N-ethyl adjacent to an activating group) is 1. The van der Waals surface area contributed by atoms with Gasteiger partial charge in [-0.3, -0.25) is 0 Å². The van der Waals surface area contributed by atoms with E-state index in [0.717, 1.165) is 12.1 Å². The van der Waals surface area contributed by atoms with Crippen LogP contribution in [0.5, 0.6) is 0 Å². The lowest BCUT2D eigenvalue weighted by Gasteiger charge is -2.18. The van der Waals surface area contributed by atoms with E-state index in [0.29, 0.717) is 0 Å². The minimum atomic E-state index is -1.53. The molecule has 2 aromatic carbocycles. The van der Waals surface area contributed by atoms with E-state index < -0.39 is 29.3 Å². The molecule has 1 unspecified atom stereocenters. The van der Waals surface area contributed by atoms with Gasteiger partial charge in [0.15, 0.2) is 17.5 Å². The highest BCUT2D eigenvalue weighted by atomic mass is 35.5. The fraction of sp³-hybridized carbons (Fsp3) is 0.200. The first-order valence-corrected chi connectivity index (χ1v) is 6.56. The maximum Gasteiger partial charge on any atom is 0.194 e. The minimum Gasteiger partial charge on any atom is -0.313 e. The van der Waals surface area contributed by atoms with Gasteiger partial charge in [0.2, 0.25) is 0 Å². The number of rotatable bonds is 4. The molecule has 0 aliphatic rings. The van der Waals surface area contributed by atoms with Crippen LogP contribution in [0.3, 0.4) is 0 Å². The highest BCUT2D eigenvalue weighted by molar-refractivity contribution is 6.31. The van der Waals surface area contributed by atoms with Gasteiger partial charge in [0.05, 0.1) is 0 Å². The second kappa shape index (κ2) is 6.45. The second-order valence-corrected chi connectivity index (χ2v) is 4.95. The molecule has 6 heteroatoms. The van der Waals surface area contributed by atoms with E-state index in [1.54, 1.807) is 7.05 Å². The zero-order valence-corrected chi connectivity index (χ0v) is 11.8. The van der Waals surface area contributed by atoms with E-state index >= 15 is 0 Å². The first-order valence-electron chi connectivity index (χ1n) is 6.18. The molecule has 1 N–H and O–H groups in total. The van der Waals surface area contributed by atoms with Crippen molar-refractivity contribution < 1.29 is 17.6 Å². The summed E-state index contributed by atoms with van der Waals surface area (Å²) >= 11 is 5.93. The van der Waals surface area contributed by atoms with E-state index in [9.17, 15) is 17.6 Å². The summed E-state index contributed by atoms with van der Waals surface area (Å²) in [6.45, 7) is 0. The minimum absolute atomic E-state index is 0.0759. The van der Waals surface area contributed by atoms with Crippen molar-refractivity contribution in [3.05, 3.63) is 69.8 Å². The Labute approximate surface area is 124 Å². The third-order valence-corrected chi connectivity index (χ3v) is 3.58. The van der Waals surface area contributed by atoms with Crippen LogP contribution in [-0.4, -0.2) is 7.05 Å². The summed E-state index contributed by atoms with van der Waals surface area (Å²) in [6.07, 6.45) is 0.0759. The molecular weight excluding hydrogens is 306 g/mol. The van der Waals surface area contributed by atoms with E-state index in [1.807, 2.05) is 0 Å². The van der Waals surface area contributed by atoms with Crippen LogP contribution in [0.4, 0.5) is 17.6 Å². The number of benzene rings is 2. The number of nitrogens with one attached hydrogen (secondary N) is 1. The smallest absolute Gasteiger partial charge is 0.194 e. The van der Waals surface area contributed by atoms with Crippen molar-refractivity contribution in [2.75, 3.05) is 7.05 Å². The highest BCUT2D eigenvalue weighted by Gasteiger charge is 2.19. The molecule has 0 saturated carbocycles. The SMILES string of the molecule is CNC(Cc1c(F)cccc1Cl)c1cc(F)c(F)c(F)c1. The van der Waals surface area contributed by atoms with Gasteiger partial charge in [-0.1, -0.05) is 17.7 Å². The Balaban J connectivity index is 2.37. The Kier molecular flexibility index (Phi) is 4.85. The Bertz CT molecular complexity index is 617. The molecule has 21 heavy (non-hydrogen) atoms. The molecule has 112 valence electrons. The summed E-state index contributed by atoms with van der Waals surface area (Å²) in [5, 5.41) is 3.03. The quantitative estimate of drug-likeness (QED) is 0.651. The predicted octanol–water partition coefficient (Wildman–Crippen LogP) is 4.40. The zero-order chi connectivity index (χ0) is 15.6. The van der Waals surface area contributed by atoms with Gasteiger partial charge >= 0.3 is 0 Å². The van der Waals surface area contributed by atoms with Crippen LogP contribution in [0.1, 0.15) is 17.2 Å². The molecule has 0 amide bonds. The monoisotopic (exact) mass is 317 g/mol. The highest BCUT2D eigenvalue weighted by Crippen LogP contribution is 2.27. The third-order valence-electron chi connectivity index (χ3n) is 3.23. The van der Waals surface area contributed by atoms with Crippen molar-refractivity contribution in [2.45, 2.75) is 12.5 Å². The standard InChI is InChI=1S/C15H12ClF4N/c1-21-14(7-9-10(16)3-2-4-11(9)17)8-5-12(18)15(20)13(19)6-8/h2-6,14,21H,7H2,1H3. The molecule has 0 heterocycles. The topological polar surface area (TPSA) is 12.0 Å². The van der Waals surface area contributed by atoms with Crippen molar-refractivity contribution in [1.29, 1.82) is 0 Å². The Morgan fingerprint density at radius 3 is 2.19 bits per heavy atom. The van der Waals surface area contributed by atoms with Crippen LogP contribution < -0.4 is 5.32 Å². The Morgan fingerprint density at radius 1 is 1.05 bits per heavy atom. The average Bonchev–Trinajstić information content (AvgIpc) is 2.44. The number of hydrogen-bond donors (Lipinski definition) is 1. The molecule has 0 aromatic heterocycles. The van der Waals surface area contributed by atoms with Crippen LogP contribution in [0.2, 0.25) is 5.02 Å². The van der Waals surface area contributed by atoms with Crippen molar-refractivity contribution >= 4 is 11.6 Å². The fourth-order valence-corrected chi connectivity index (χ4v) is 2.33. The van der Waals surface area contributed by atoms with Crippen molar-refractivity contribution in [3.63, 3.8) is 0 Å². The average molecular weight is 318 g/mol. The van der Waals surface area contributed by atoms with Gasteiger partial charge in [0.1, 0.15) is 5.82 Å². The summed E-state index contributed by atoms with van der Waals surface area (Å²) in [5.41, 5.74) is 0.400. The molecule has 2 rings (SSSR count). The molecule has 0 bridgehead atoms. The maximum absolute atomic E-state index is 13.8. The summed E-state index contributed by atoms with van der Waals surface area (Å²) in [4.78, 5) is 0. The molecule has 0 radical (unpaired) electrons. The Morgan fingerprint density at radius 2 is 1.67 bits per heavy atom. The molecule has 0 fully saturated rings. The van der Waals surface area contributed by atoms with E-state index in [1.165, 1.54) is 18.2 Å². The Hall–Kier alpha value is -1.59. The third kappa shape index (κ3) is 3.36. The molecular formula is C15H12ClF4N. The first kappa shape index (κ1) is 15.8.